The molecule has 0 aliphatic carbocycles. The molecule has 1 heterocycles. The SMILES string of the molecule is Cc1ccc(-c2cc(C(=O)N[C@@H](C)CO)cc(-n3ncnc3C(C)N(C)C)c2)cc1. The lowest BCUT2D eigenvalue weighted by molar-refractivity contribution is 0.0922. The van der Waals surface area contributed by atoms with Gasteiger partial charge in [0.15, 0.2) is 0 Å². The van der Waals surface area contributed by atoms with Crippen molar-refractivity contribution in [2.24, 2.45) is 0 Å². The van der Waals surface area contributed by atoms with Gasteiger partial charge in [-0.1, -0.05) is 29.8 Å². The smallest absolute Gasteiger partial charge is 0.251 e. The largest absolute Gasteiger partial charge is 0.394 e. The van der Waals surface area contributed by atoms with Gasteiger partial charge in [0.1, 0.15) is 12.2 Å². The molecule has 3 rings (SSSR count). The van der Waals surface area contributed by atoms with Crippen molar-refractivity contribution in [2.45, 2.75) is 32.9 Å². The van der Waals surface area contributed by atoms with Gasteiger partial charge in [-0.05, 0) is 64.2 Å². The number of amides is 1. The zero-order valence-corrected chi connectivity index (χ0v) is 18.1. The van der Waals surface area contributed by atoms with Crippen molar-refractivity contribution in [1.82, 2.24) is 25.0 Å². The van der Waals surface area contributed by atoms with E-state index in [4.69, 9.17) is 0 Å². The molecule has 0 fully saturated rings. The number of aromatic nitrogens is 3. The van der Waals surface area contributed by atoms with Crippen LogP contribution in [0.15, 0.2) is 48.8 Å². The molecule has 0 bridgehead atoms. The molecule has 2 aromatic carbocycles. The second-order valence-corrected chi connectivity index (χ2v) is 7.86. The minimum absolute atomic E-state index is 0.0437. The van der Waals surface area contributed by atoms with Crippen LogP contribution in [-0.4, -0.2) is 57.4 Å². The summed E-state index contributed by atoms with van der Waals surface area (Å²) >= 11 is 0. The van der Waals surface area contributed by atoms with E-state index >= 15 is 0 Å². The number of aliphatic hydroxyl groups excluding tert-OH is 1. The second-order valence-electron chi connectivity index (χ2n) is 7.86. The number of aryl methyl sites for hydroxylation is 1. The van der Waals surface area contributed by atoms with Gasteiger partial charge in [0, 0.05) is 11.6 Å². The molecule has 0 saturated carbocycles. The fourth-order valence-electron chi connectivity index (χ4n) is 3.10. The Hall–Kier alpha value is -3.03. The minimum Gasteiger partial charge on any atom is -0.394 e. The first-order chi connectivity index (χ1) is 14.3. The summed E-state index contributed by atoms with van der Waals surface area (Å²) < 4.78 is 1.77. The fraction of sp³-hybridized carbons (Fsp3) is 0.348. The number of aliphatic hydroxyl groups is 1. The summed E-state index contributed by atoms with van der Waals surface area (Å²) in [4.78, 5) is 19.3. The maximum atomic E-state index is 12.8. The van der Waals surface area contributed by atoms with Gasteiger partial charge >= 0.3 is 0 Å². The molecule has 0 aliphatic heterocycles. The highest BCUT2D eigenvalue weighted by molar-refractivity contribution is 5.96. The normalized spacial score (nSPS) is 13.3. The summed E-state index contributed by atoms with van der Waals surface area (Å²) in [5, 5.41) is 16.5. The predicted molar refractivity (Wildman–Crippen MR) is 118 cm³/mol. The Morgan fingerprint density at radius 1 is 1.13 bits per heavy atom. The van der Waals surface area contributed by atoms with Gasteiger partial charge in [0.25, 0.3) is 5.91 Å². The molecule has 0 aliphatic rings. The van der Waals surface area contributed by atoms with E-state index in [9.17, 15) is 9.90 Å². The first-order valence-corrected chi connectivity index (χ1v) is 10.0. The highest BCUT2D eigenvalue weighted by Crippen LogP contribution is 2.26. The summed E-state index contributed by atoms with van der Waals surface area (Å²) in [6.45, 7) is 5.74. The molecule has 2 atom stereocenters. The Kier molecular flexibility index (Phi) is 6.64. The van der Waals surface area contributed by atoms with Crippen molar-refractivity contribution < 1.29 is 9.90 Å². The van der Waals surface area contributed by atoms with Crippen molar-refractivity contribution >= 4 is 5.91 Å². The van der Waals surface area contributed by atoms with Crippen LogP contribution < -0.4 is 5.32 Å². The summed E-state index contributed by atoms with van der Waals surface area (Å²) in [6, 6.07) is 13.6. The van der Waals surface area contributed by atoms with Crippen molar-refractivity contribution in [3.05, 3.63) is 65.7 Å². The van der Waals surface area contributed by atoms with E-state index < -0.39 is 0 Å². The topological polar surface area (TPSA) is 83.3 Å². The zero-order valence-electron chi connectivity index (χ0n) is 18.1. The Balaban J connectivity index is 2.12. The van der Waals surface area contributed by atoms with E-state index in [1.54, 1.807) is 17.7 Å². The molecule has 30 heavy (non-hydrogen) atoms. The van der Waals surface area contributed by atoms with Crippen molar-refractivity contribution in [3.8, 4) is 16.8 Å². The Morgan fingerprint density at radius 2 is 1.83 bits per heavy atom. The maximum absolute atomic E-state index is 12.8. The highest BCUT2D eigenvalue weighted by atomic mass is 16.3. The quantitative estimate of drug-likeness (QED) is 0.629. The molecule has 1 amide bonds. The Morgan fingerprint density at radius 3 is 2.47 bits per heavy atom. The van der Waals surface area contributed by atoms with Crippen molar-refractivity contribution in [3.63, 3.8) is 0 Å². The monoisotopic (exact) mass is 407 g/mol. The van der Waals surface area contributed by atoms with Gasteiger partial charge in [-0.2, -0.15) is 5.10 Å². The van der Waals surface area contributed by atoms with Crippen LogP contribution in [0.4, 0.5) is 0 Å². The number of carbonyl (C=O) groups excluding carboxylic acids is 1. The minimum atomic E-state index is -0.334. The number of benzene rings is 2. The molecule has 1 aromatic heterocycles. The average molecular weight is 408 g/mol. The molecule has 0 radical (unpaired) electrons. The lowest BCUT2D eigenvalue weighted by Gasteiger charge is -2.20. The Bertz CT molecular complexity index is 1010. The number of nitrogens with one attached hydrogen (secondary N) is 1. The van der Waals surface area contributed by atoms with Gasteiger partial charge in [-0.15, -0.1) is 0 Å². The van der Waals surface area contributed by atoms with Crippen LogP contribution in [0.25, 0.3) is 16.8 Å². The zero-order chi connectivity index (χ0) is 21.8. The second kappa shape index (κ2) is 9.19. The lowest BCUT2D eigenvalue weighted by Crippen LogP contribution is -2.35. The summed E-state index contributed by atoms with van der Waals surface area (Å²) in [5.74, 6) is 0.547. The molecule has 3 aromatic rings. The van der Waals surface area contributed by atoms with Crippen molar-refractivity contribution in [1.29, 1.82) is 0 Å². The van der Waals surface area contributed by atoms with Gasteiger partial charge in [-0.25, -0.2) is 9.67 Å². The maximum Gasteiger partial charge on any atom is 0.251 e. The Labute approximate surface area is 177 Å². The predicted octanol–water partition coefficient (Wildman–Crippen LogP) is 2.98. The van der Waals surface area contributed by atoms with Crippen LogP contribution in [-0.2, 0) is 0 Å². The first kappa shape index (κ1) is 21.7. The third-order valence-electron chi connectivity index (χ3n) is 5.18. The van der Waals surface area contributed by atoms with E-state index in [1.807, 2.05) is 57.4 Å². The third-order valence-corrected chi connectivity index (χ3v) is 5.18. The van der Waals surface area contributed by atoms with Crippen LogP contribution in [0.1, 0.15) is 41.6 Å². The van der Waals surface area contributed by atoms with E-state index in [2.05, 4.69) is 27.2 Å². The molecular weight excluding hydrogens is 378 g/mol. The van der Waals surface area contributed by atoms with E-state index in [0.29, 0.717) is 5.56 Å². The average Bonchev–Trinajstić information content (AvgIpc) is 3.23. The molecule has 7 nitrogen and oxygen atoms in total. The number of hydrogen-bond donors (Lipinski definition) is 2. The number of carbonyl (C=O) groups is 1. The molecule has 7 heteroatoms. The lowest BCUT2D eigenvalue weighted by atomic mass is 10.0. The van der Waals surface area contributed by atoms with Crippen LogP contribution in [0.3, 0.4) is 0 Å². The van der Waals surface area contributed by atoms with Crippen molar-refractivity contribution in [2.75, 3.05) is 20.7 Å². The number of hydrogen-bond acceptors (Lipinski definition) is 5. The fourth-order valence-corrected chi connectivity index (χ4v) is 3.10. The molecule has 0 saturated heterocycles. The highest BCUT2D eigenvalue weighted by Gasteiger charge is 2.19. The standard InChI is InChI=1S/C23H29N5O2/c1-15-6-8-18(9-7-15)19-10-20(23(30)26-16(2)13-29)12-21(11-19)28-22(24-14-25-28)17(3)27(4)5/h6-12,14,16-17,29H,13H2,1-5H3,(H,26,30)/t16-,17?/m0/s1. The molecule has 1 unspecified atom stereocenters. The van der Waals surface area contributed by atoms with Crippen LogP contribution >= 0.6 is 0 Å². The first-order valence-electron chi connectivity index (χ1n) is 10.0. The molecular formula is C23H29N5O2. The summed E-state index contributed by atoms with van der Waals surface area (Å²) in [5.41, 5.74) is 4.35. The van der Waals surface area contributed by atoms with Gasteiger partial charge in [0.05, 0.1) is 18.3 Å². The van der Waals surface area contributed by atoms with Gasteiger partial charge < -0.3 is 10.4 Å². The van der Waals surface area contributed by atoms with E-state index in [1.165, 1.54) is 11.9 Å². The third kappa shape index (κ3) is 4.75. The van der Waals surface area contributed by atoms with Crippen LogP contribution in [0.5, 0.6) is 0 Å². The van der Waals surface area contributed by atoms with E-state index in [0.717, 1.165) is 22.6 Å². The molecule has 0 spiro atoms. The molecule has 2 N–H and O–H groups in total. The van der Waals surface area contributed by atoms with Crippen LogP contribution in [0.2, 0.25) is 0 Å². The number of rotatable bonds is 7. The van der Waals surface area contributed by atoms with Gasteiger partial charge in [0.2, 0.25) is 0 Å². The van der Waals surface area contributed by atoms with Crippen LogP contribution in [0, 0.1) is 6.92 Å². The summed E-state index contributed by atoms with van der Waals surface area (Å²) in [6.07, 6.45) is 1.53. The van der Waals surface area contributed by atoms with E-state index in [-0.39, 0.29) is 24.6 Å². The summed E-state index contributed by atoms with van der Waals surface area (Å²) in [7, 11) is 3.98. The molecule has 158 valence electrons. The van der Waals surface area contributed by atoms with Gasteiger partial charge in [-0.3, -0.25) is 9.69 Å². The number of nitrogens with zero attached hydrogens (tertiary/aromatic N) is 4.